The maximum absolute atomic E-state index is 12.3. The molecule has 0 N–H and O–H groups in total. The van der Waals surface area contributed by atoms with Gasteiger partial charge in [-0.25, -0.2) is 13.4 Å². The van der Waals surface area contributed by atoms with Gasteiger partial charge in [-0.2, -0.15) is 9.29 Å². The van der Waals surface area contributed by atoms with E-state index in [1.54, 1.807) is 22.9 Å². The minimum atomic E-state index is -3.20. The van der Waals surface area contributed by atoms with Crippen molar-refractivity contribution in [2.75, 3.05) is 12.3 Å². The van der Waals surface area contributed by atoms with Crippen LogP contribution in [0, 0.1) is 0 Å². The molecule has 0 saturated carbocycles. The number of hydrogen-bond donors (Lipinski definition) is 0. The average molecular weight is 337 g/mol. The Bertz CT molecular complexity index is 747. The zero-order chi connectivity index (χ0) is 16.3. The fraction of sp³-hybridized carbons (Fsp3) is 0.571. The van der Waals surface area contributed by atoms with Crippen LogP contribution >= 0.6 is 0 Å². The highest BCUT2D eigenvalue weighted by Crippen LogP contribution is 2.25. The molecule has 124 valence electrons. The molecule has 8 nitrogen and oxygen atoms in total. The molecular formula is C14H19N5O3S. The lowest BCUT2D eigenvalue weighted by Crippen LogP contribution is -2.38. The molecule has 0 unspecified atom stereocenters. The molecule has 1 fully saturated rings. The van der Waals surface area contributed by atoms with Crippen LogP contribution in [0.25, 0.3) is 11.6 Å². The van der Waals surface area contributed by atoms with Gasteiger partial charge in [-0.1, -0.05) is 12.1 Å². The second-order valence-electron chi connectivity index (χ2n) is 5.53. The molecule has 0 aliphatic carbocycles. The second-order valence-corrected chi connectivity index (χ2v) is 7.57. The molecular weight excluding hydrogens is 318 g/mol. The van der Waals surface area contributed by atoms with Crippen LogP contribution in [0.3, 0.4) is 0 Å². The van der Waals surface area contributed by atoms with Crippen molar-refractivity contribution >= 4 is 10.0 Å². The quantitative estimate of drug-likeness (QED) is 0.782. The lowest BCUT2D eigenvalue weighted by molar-refractivity contribution is 0.369. The first-order valence-corrected chi connectivity index (χ1v) is 9.29. The predicted molar refractivity (Wildman–Crippen MR) is 82.8 cm³/mol. The van der Waals surface area contributed by atoms with E-state index in [1.807, 2.05) is 6.92 Å². The van der Waals surface area contributed by atoms with Crippen LogP contribution in [0.2, 0.25) is 0 Å². The van der Waals surface area contributed by atoms with Gasteiger partial charge < -0.3 is 4.52 Å². The van der Waals surface area contributed by atoms with Crippen LogP contribution in [0.1, 0.15) is 32.0 Å². The number of nitrogens with zero attached hydrogens (tertiary/aromatic N) is 5. The van der Waals surface area contributed by atoms with Crippen molar-refractivity contribution in [3.8, 4) is 11.6 Å². The van der Waals surface area contributed by atoms with Crippen LogP contribution < -0.4 is 0 Å². The van der Waals surface area contributed by atoms with E-state index in [4.69, 9.17) is 4.52 Å². The average Bonchev–Trinajstić information content (AvgIpc) is 3.18. The van der Waals surface area contributed by atoms with E-state index < -0.39 is 10.0 Å². The number of rotatable bonds is 6. The molecule has 0 spiro atoms. The van der Waals surface area contributed by atoms with Crippen LogP contribution in [-0.4, -0.2) is 51.2 Å². The van der Waals surface area contributed by atoms with E-state index in [9.17, 15) is 8.42 Å². The Kier molecular flexibility index (Phi) is 4.67. The third kappa shape index (κ3) is 3.56. The van der Waals surface area contributed by atoms with Crippen molar-refractivity contribution < 1.29 is 12.9 Å². The first-order valence-electron chi connectivity index (χ1n) is 7.68. The molecule has 23 heavy (non-hydrogen) atoms. The fourth-order valence-electron chi connectivity index (χ4n) is 2.82. The van der Waals surface area contributed by atoms with Crippen molar-refractivity contribution in [3.63, 3.8) is 0 Å². The summed E-state index contributed by atoms with van der Waals surface area (Å²) in [5.74, 6) is 0.976. The van der Waals surface area contributed by atoms with Crippen molar-refractivity contribution in [3.05, 3.63) is 24.4 Å². The van der Waals surface area contributed by atoms with Gasteiger partial charge in [0.15, 0.2) is 5.82 Å². The van der Waals surface area contributed by atoms with Crippen molar-refractivity contribution in [1.29, 1.82) is 0 Å². The van der Waals surface area contributed by atoms with Gasteiger partial charge in [-0.3, -0.25) is 4.98 Å². The summed E-state index contributed by atoms with van der Waals surface area (Å²) in [5.41, 5.74) is 0.508. The molecule has 1 aliphatic heterocycles. The van der Waals surface area contributed by atoms with Crippen molar-refractivity contribution in [2.45, 2.75) is 38.6 Å². The Morgan fingerprint density at radius 1 is 1.39 bits per heavy atom. The van der Waals surface area contributed by atoms with Crippen LogP contribution in [0.4, 0.5) is 0 Å². The molecule has 0 radical (unpaired) electrons. The summed E-state index contributed by atoms with van der Waals surface area (Å²) in [5, 5.41) is 3.94. The standard InChI is InChI=1S/C14H19N5O3S/c1-2-8-23(20,21)19-7-3-4-11(19)9-13-17-14(22-18-13)12-10-15-5-6-16-12/h5-6,10-11H,2-4,7-9H2,1H3/t11-/m1/s1. The highest BCUT2D eigenvalue weighted by atomic mass is 32.2. The van der Waals surface area contributed by atoms with E-state index in [2.05, 4.69) is 20.1 Å². The van der Waals surface area contributed by atoms with Gasteiger partial charge in [-0.15, -0.1) is 0 Å². The van der Waals surface area contributed by atoms with Gasteiger partial charge in [0.2, 0.25) is 10.0 Å². The fourth-order valence-corrected chi connectivity index (χ4v) is 4.61. The summed E-state index contributed by atoms with van der Waals surface area (Å²) in [6.07, 6.45) is 7.41. The number of hydrogen-bond acceptors (Lipinski definition) is 7. The molecule has 3 heterocycles. The van der Waals surface area contributed by atoms with Gasteiger partial charge >= 0.3 is 0 Å². The summed E-state index contributed by atoms with van der Waals surface area (Å²) in [7, 11) is -3.20. The third-order valence-corrected chi connectivity index (χ3v) is 5.93. The highest BCUT2D eigenvalue weighted by Gasteiger charge is 2.34. The molecule has 1 atom stereocenters. The predicted octanol–water partition coefficient (Wildman–Crippen LogP) is 1.27. The minimum absolute atomic E-state index is 0.0983. The minimum Gasteiger partial charge on any atom is -0.332 e. The normalized spacial score (nSPS) is 19.3. The summed E-state index contributed by atoms with van der Waals surface area (Å²) < 4.78 is 31.4. The van der Waals surface area contributed by atoms with E-state index in [1.165, 1.54) is 0 Å². The zero-order valence-corrected chi connectivity index (χ0v) is 13.7. The Balaban J connectivity index is 1.73. The smallest absolute Gasteiger partial charge is 0.278 e. The molecule has 2 aromatic heterocycles. The van der Waals surface area contributed by atoms with Crippen molar-refractivity contribution in [2.24, 2.45) is 0 Å². The summed E-state index contributed by atoms with van der Waals surface area (Å²) in [6.45, 7) is 2.44. The maximum atomic E-state index is 12.3. The SMILES string of the molecule is CCCS(=O)(=O)N1CCC[C@@H]1Cc1noc(-c2cnccn2)n1. The molecule has 1 aliphatic rings. The molecule has 3 rings (SSSR count). The number of aromatic nitrogens is 4. The molecule has 0 bridgehead atoms. The highest BCUT2D eigenvalue weighted by molar-refractivity contribution is 7.89. The molecule has 1 saturated heterocycles. The Hall–Kier alpha value is -1.87. The van der Waals surface area contributed by atoms with Crippen LogP contribution in [-0.2, 0) is 16.4 Å². The largest absolute Gasteiger partial charge is 0.332 e. The molecule has 9 heteroatoms. The van der Waals surface area contributed by atoms with E-state index >= 15 is 0 Å². The molecule has 0 aromatic carbocycles. The lowest BCUT2D eigenvalue weighted by Gasteiger charge is -2.22. The Morgan fingerprint density at radius 3 is 3.00 bits per heavy atom. The van der Waals surface area contributed by atoms with Crippen LogP contribution in [0.15, 0.2) is 23.1 Å². The summed E-state index contributed by atoms with van der Waals surface area (Å²) in [6, 6.07) is -0.0983. The van der Waals surface area contributed by atoms with Crippen LogP contribution in [0.5, 0.6) is 0 Å². The van der Waals surface area contributed by atoms with Crippen molar-refractivity contribution in [1.82, 2.24) is 24.4 Å². The monoisotopic (exact) mass is 337 g/mol. The van der Waals surface area contributed by atoms with Gasteiger partial charge in [-0.05, 0) is 19.3 Å². The summed E-state index contributed by atoms with van der Waals surface area (Å²) in [4.78, 5) is 12.4. The second kappa shape index (κ2) is 6.71. The third-order valence-electron chi connectivity index (χ3n) is 3.81. The first-order chi connectivity index (χ1) is 11.1. The molecule has 0 amide bonds. The lowest BCUT2D eigenvalue weighted by atomic mass is 10.1. The van der Waals surface area contributed by atoms with Gasteiger partial charge in [0.25, 0.3) is 5.89 Å². The van der Waals surface area contributed by atoms with Gasteiger partial charge in [0.1, 0.15) is 5.69 Å². The maximum Gasteiger partial charge on any atom is 0.278 e. The number of sulfonamides is 1. The topological polar surface area (TPSA) is 102 Å². The van der Waals surface area contributed by atoms with E-state index in [-0.39, 0.29) is 11.8 Å². The van der Waals surface area contributed by atoms with E-state index in [0.29, 0.717) is 36.8 Å². The Labute approximate surface area is 135 Å². The summed E-state index contributed by atoms with van der Waals surface area (Å²) >= 11 is 0. The first kappa shape index (κ1) is 16.0. The molecule has 2 aromatic rings. The Morgan fingerprint density at radius 2 is 2.26 bits per heavy atom. The van der Waals surface area contributed by atoms with Gasteiger partial charge in [0, 0.05) is 31.4 Å². The van der Waals surface area contributed by atoms with E-state index in [0.717, 1.165) is 12.8 Å². The van der Waals surface area contributed by atoms with Gasteiger partial charge in [0.05, 0.1) is 11.9 Å². The zero-order valence-electron chi connectivity index (χ0n) is 12.9.